The number of nitrogens with zero attached hydrogens (tertiary/aromatic N) is 1. The van der Waals surface area contributed by atoms with E-state index in [1.54, 1.807) is 0 Å². The Morgan fingerprint density at radius 2 is 1.54 bits per heavy atom. The van der Waals surface area contributed by atoms with Gasteiger partial charge in [-0.25, -0.2) is 0 Å². The standard InChI is InChI=1S/C24H37NO3/c1-22(2)10-19-11-23(3,14-22)15-25(19)20(26)13-28-21(27)12-24-7-16-4-17(8-24)6-18(5-16)9-24/h16-19H,4-15H2,1-3H3/t16?,17?,18?,19-,23-,24?/m1/s1. The van der Waals surface area contributed by atoms with E-state index in [4.69, 9.17) is 4.74 Å². The second-order valence-electron chi connectivity index (χ2n) is 12.5. The molecule has 4 heteroatoms. The van der Waals surface area contributed by atoms with Crippen LogP contribution in [0, 0.1) is 34.0 Å². The number of hydrogen-bond acceptors (Lipinski definition) is 3. The van der Waals surface area contributed by atoms with Gasteiger partial charge in [0.25, 0.3) is 5.91 Å². The first kappa shape index (κ1) is 18.9. The van der Waals surface area contributed by atoms with Gasteiger partial charge in [-0.05, 0) is 91.8 Å². The molecule has 156 valence electrons. The number of likely N-dealkylation sites (tertiary alicyclic amines) is 1. The summed E-state index contributed by atoms with van der Waals surface area (Å²) < 4.78 is 5.56. The minimum atomic E-state index is -0.135. The Morgan fingerprint density at radius 3 is 2.14 bits per heavy atom. The molecule has 28 heavy (non-hydrogen) atoms. The Morgan fingerprint density at radius 1 is 0.929 bits per heavy atom. The summed E-state index contributed by atoms with van der Waals surface area (Å²) in [4.78, 5) is 27.5. The number of hydrogen-bond donors (Lipinski definition) is 0. The van der Waals surface area contributed by atoms with Gasteiger partial charge in [-0.15, -0.1) is 0 Å². The SMILES string of the molecule is CC1(C)C[C@@H]2C[C@@](C)(CN2C(=O)COC(=O)CC23CC4CC(CC(C4)C2)C3)C1. The summed E-state index contributed by atoms with van der Waals surface area (Å²) in [7, 11) is 0. The lowest BCUT2D eigenvalue weighted by atomic mass is 9.49. The van der Waals surface area contributed by atoms with E-state index >= 15 is 0 Å². The van der Waals surface area contributed by atoms with Gasteiger partial charge in [0.1, 0.15) is 0 Å². The third kappa shape index (κ3) is 3.39. The van der Waals surface area contributed by atoms with Crippen LogP contribution in [0.2, 0.25) is 0 Å². The third-order valence-electron chi connectivity index (χ3n) is 8.78. The number of carbonyl (C=O) groups is 2. The molecule has 4 nitrogen and oxygen atoms in total. The fraction of sp³-hybridized carbons (Fsp3) is 0.917. The van der Waals surface area contributed by atoms with Gasteiger partial charge in [0, 0.05) is 12.6 Å². The molecule has 1 aliphatic heterocycles. The summed E-state index contributed by atoms with van der Waals surface area (Å²) in [5, 5.41) is 0. The third-order valence-corrected chi connectivity index (χ3v) is 8.78. The van der Waals surface area contributed by atoms with Crippen molar-refractivity contribution < 1.29 is 14.3 Å². The van der Waals surface area contributed by atoms with E-state index < -0.39 is 0 Å². The highest BCUT2D eigenvalue weighted by Gasteiger charge is 2.53. The van der Waals surface area contributed by atoms with Crippen LogP contribution in [0.3, 0.4) is 0 Å². The quantitative estimate of drug-likeness (QED) is 0.664. The van der Waals surface area contributed by atoms with Crippen molar-refractivity contribution in [3.63, 3.8) is 0 Å². The Labute approximate surface area is 169 Å². The van der Waals surface area contributed by atoms with Gasteiger partial charge in [-0.3, -0.25) is 9.59 Å². The zero-order chi connectivity index (χ0) is 19.7. The minimum absolute atomic E-state index is 0.0188. The lowest BCUT2D eigenvalue weighted by molar-refractivity contribution is -0.158. The second-order valence-corrected chi connectivity index (χ2v) is 12.5. The number of esters is 1. The fourth-order valence-corrected chi connectivity index (χ4v) is 8.84. The summed E-state index contributed by atoms with van der Waals surface area (Å²) in [5.41, 5.74) is 0.712. The average Bonchev–Trinajstić information content (AvgIpc) is 2.79. The molecule has 0 radical (unpaired) electrons. The first-order valence-corrected chi connectivity index (χ1v) is 11.6. The van der Waals surface area contributed by atoms with Crippen LogP contribution >= 0.6 is 0 Å². The maximum Gasteiger partial charge on any atom is 0.306 e. The zero-order valence-corrected chi connectivity index (χ0v) is 18.0. The van der Waals surface area contributed by atoms with Gasteiger partial charge >= 0.3 is 5.97 Å². The molecule has 2 atom stereocenters. The molecule has 6 bridgehead atoms. The van der Waals surface area contributed by atoms with Crippen LogP contribution in [0.4, 0.5) is 0 Å². The second kappa shape index (κ2) is 6.22. The fourth-order valence-electron chi connectivity index (χ4n) is 8.84. The van der Waals surface area contributed by atoms with Crippen molar-refractivity contribution in [1.29, 1.82) is 0 Å². The lowest BCUT2D eigenvalue weighted by Gasteiger charge is -2.56. The van der Waals surface area contributed by atoms with Crippen molar-refractivity contribution in [3.8, 4) is 0 Å². The molecular weight excluding hydrogens is 350 g/mol. The summed E-state index contributed by atoms with van der Waals surface area (Å²) in [5.74, 6) is 2.41. The molecule has 6 aliphatic rings. The number of ether oxygens (including phenoxy) is 1. The normalized spacial score (nSPS) is 45.3. The first-order valence-electron chi connectivity index (χ1n) is 11.6. The Balaban J connectivity index is 1.16. The smallest absolute Gasteiger partial charge is 0.306 e. The Kier molecular flexibility index (Phi) is 4.21. The molecule has 1 heterocycles. The topological polar surface area (TPSA) is 46.6 Å². The summed E-state index contributed by atoms with van der Waals surface area (Å²) >= 11 is 0. The largest absolute Gasteiger partial charge is 0.456 e. The Hall–Kier alpha value is -1.06. The number of amides is 1. The molecule has 1 amide bonds. The van der Waals surface area contributed by atoms with Gasteiger partial charge < -0.3 is 9.64 Å². The van der Waals surface area contributed by atoms with E-state index in [2.05, 4.69) is 20.8 Å². The van der Waals surface area contributed by atoms with E-state index in [0.29, 0.717) is 17.9 Å². The van der Waals surface area contributed by atoms with Crippen LogP contribution < -0.4 is 0 Å². The molecule has 0 aromatic rings. The summed E-state index contributed by atoms with van der Waals surface area (Å²) in [6.07, 6.45) is 11.7. The van der Waals surface area contributed by atoms with E-state index in [9.17, 15) is 9.59 Å². The maximum atomic E-state index is 12.9. The molecule has 0 spiro atoms. The Bertz CT molecular complexity index is 648. The number of rotatable bonds is 4. The van der Waals surface area contributed by atoms with E-state index in [-0.39, 0.29) is 29.3 Å². The van der Waals surface area contributed by atoms with Gasteiger partial charge in [-0.2, -0.15) is 0 Å². The summed E-state index contributed by atoms with van der Waals surface area (Å²) in [6.45, 7) is 7.71. The van der Waals surface area contributed by atoms with E-state index in [1.807, 2.05) is 4.90 Å². The monoisotopic (exact) mass is 387 g/mol. The molecule has 5 aliphatic carbocycles. The molecule has 0 aromatic carbocycles. The van der Waals surface area contributed by atoms with Crippen molar-refractivity contribution in [2.75, 3.05) is 13.2 Å². The van der Waals surface area contributed by atoms with Gasteiger partial charge in [0.2, 0.25) is 0 Å². The van der Waals surface area contributed by atoms with Gasteiger partial charge in [0.15, 0.2) is 6.61 Å². The number of carbonyl (C=O) groups excluding carboxylic acids is 2. The summed E-state index contributed by atoms with van der Waals surface area (Å²) in [6, 6.07) is 0.322. The molecule has 0 unspecified atom stereocenters. The van der Waals surface area contributed by atoms with E-state index in [1.165, 1.54) is 44.9 Å². The van der Waals surface area contributed by atoms with Crippen LogP contribution in [0.25, 0.3) is 0 Å². The van der Waals surface area contributed by atoms with Crippen LogP contribution in [0.5, 0.6) is 0 Å². The average molecular weight is 388 g/mol. The predicted octanol–water partition coefficient (Wildman–Crippen LogP) is 4.56. The van der Waals surface area contributed by atoms with Crippen LogP contribution in [-0.4, -0.2) is 36.0 Å². The van der Waals surface area contributed by atoms with Crippen LogP contribution in [0.15, 0.2) is 0 Å². The lowest BCUT2D eigenvalue weighted by Crippen LogP contribution is -2.47. The molecule has 0 aromatic heterocycles. The van der Waals surface area contributed by atoms with Crippen molar-refractivity contribution in [1.82, 2.24) is 4.90 Å². The molecule has 5 saturated carbocycles. The zero-order valence-electron chi connectivity index (χ0n) is 18.0. The van der Waals surface area contributed by atoms with Crippen LogP contribution in [-0.2, 0) is 14.3 Å². The van der Waals surface area contributed by atoms with Gasteiger partial charge in [-0.1, -0.05) is 20.8 Å². The first-order chi connectivity index (χ1) is 13.1. The molecule has 0 N–H and O–H groups in total. The minimum Gasteiger partial charge on any atom is -0.456 e. The molecule has 6 rings (SSSR count). The number of fused-ring (bicyclic) bond motifs is 2. The van der Waals surface area contributed by atoms with Crippen molar-refractivity contribution in [2.24, 2.45) is 34.0 Å². The highest BCUT2D eigenvalue weighted by Crippen LogP contribution is 2.61. The van der Waals surface area contributed by atoms with Crippen molar-refractivity contribution in [2.45, 2.75) is 91.0 Å². The van der Waals surface area contributed by atoms with E-state index in [0.717, 1.165) is 37.1 Å². The highest BCUT2D eigenvalue weighted by molar-refractivity contribution is 5.81. The molecular formula is C24H37NO3. The molecule has 1 saturated heterocycles. The van der Waals surface area contributed by atoms with Gasteiger partial charge in [0.05, 0.1) is 6.42 Å². The maximum absolute atomic E-state index is 12.9. The predicted molar refractivity (Wildman–Crippen MR) is 107 cm³/mol. The van der Waals surface area contributed by atoms with Crippen molar-refractivity contribution >= 4 is 11.9 Å². The highest BCUT2D eigenvalue weighted by atomic mass is 16.5. The van der Waals surface area contributed by atoms with Crippen LogP contribution in [0.1, 0.15) is 85.0 Å². The van der Waals surface area contributed by atoms with Crippen molar-refractivity contribution in [3.05, 3.63) is 0 Å². The molecule has 6 fully saturated rings.